The Bertz CT molecular complexity index is 128. The molecule has 0 aromatic heterocycles. The Morgan fingerprint density at radius 1 is 1.22 bits per heavy atom. The minimum atomic E-state index is -1.10. The predicted octanol–water partition coefficient (Wildman–Crippen LogP) is 0.439. The maximum atomic E-state index is 5.12. The Morgan fingerprint density at radius 3 is 1.33 bits per heavy atom. The molecule has 0 aliphatic rings. The van der Waals surface area contributed by atoms with Crippen LogP contribution in [-0.4, -0.2) is 18.3 Å². The first-order chi connectivity index (χ1) is 3.97. The average molecular weight is 154 g/mol. The molecule has 0 unspecified atom stereocenters. The minimum Gasteiger partial charge on any atom is -0.147 e. The van der Waals surface area contributed by atoms with Gasteiger partial charge in [-0.25, -0.2) is 0 Å². The maximum absolute atomic E-state index is 5.12. The van der Waals surface area contributed by atoms with Crippen molar-refractivity contribution in [3.05, 3.63) is 0 Å². The highest BCUT2D eigenvalue weighted by atomic mass is 28.3. The molecule has 0 aliphatic heterocycles. The van der Waals surface area contributed by atoms with E-state index in [1.807, 2.05) is 0 Å². The fourth-order valence-corrected chi connectivity index (χ4v) is 0. The van der Waals surface area contributed by atoms with E-state index in [0.717, 1.165) is 10.2 Å². The van der Waals surface area contributed by atoms with Crippen LogP contribution in [0.1, 0.15) is 0 Å². The second-order valence-electron chi connectivity index (χ2n) is 2.68. The molecule has 0 spiro atoms. The van der Waals surface area contributed by atoms with Crippen molar-refractivity contribution in [2.24, 2.45) is 0 Å². The molecule has 0 heterocycles. The third-order valence-corrected chi connectivity index (χ3v) is 1.30. The average Bonchev–Trinajstić information content (AvgIpc) is 1.67. The molecule has 0 saturated carbocycles. The topological polar surface area (TPSA) is 0 Å². The van der Waals surface area contributed by atoms with Crippen molar-refractivity contribution in [2.45, 2.75) is 19.6 Å². The fourth-order valence-electron chi connectivity index (χ4n) is 0. The van der Waals surface area contributed by atoms with Gasteiger partial charge in [-0.05, 0) is 0 Å². The van der Waals surface area contributed by atoms with Crippen LogP contribution in [0.5, 0.6) is 0 Å². The van der Waals surface area contributed by atoms with Gasteiger partial charge in [-0.3, -0.25) is 0 Å². The van der Waals surface area contributed by atoms with Crippen LogP contribution in [0, 0.1) is 23.9 Å². The molecule has 0 rings (SSSR count). The fraction of sp³-hybridized carbons (Fsp3) is 0.429. The molecule has 0 amide bonds. The van der Waals surface area contributed by atoms with Gasteiger partial charge in [0.2, 0.25) is 0 Å². The molecule has 2 heteroatoms. The van der Waals surface area contributed by atoms with Crippen LogP contribution < -0.4 is 0 Å². The zero-order chi connectivity index (χ0) is 7.91. The summed E-state index contributed by atoms with van der Waals surface area (Å²) in [5, 5.41) is 0. The van der Waals surface area contributed by atoms with Gasteiger partial charge in [-0.15, -0.1) is 23.9 Å². The molecule has 0 bridgehead atoms. The number of terminal acetylenes is 2. The Hall–Kier alpha value is -0.446. The van der Waals surface area contributed by atoms with Crippen molar-refractivity contribution in [3.63, 3.8) is 0 Å². The van der Waals surface area contributed by atoms with Crippen LogP contribution in [0.25, 0.3) is 0 Å². The zero-order valence-corrected chi connectivity index (χ0v) is 9.65. The van der Waals surface area contributed by atoms with E-state index in [-0.39, 0.29) is 0 Å². The third-order valence-electron chi connectivity index (χ3n) is 0.433. The van der Waals surface area contributed by atoms with Crippen LogP contribution in [-0.2, 0) is 0 Å². The van der Waals surface area contributed by atoms with Gasteiger partial charge in [0, 0.05) is 0 Å². The first-order valence-electron chi connectivity index (χ1n) is 2.83. The van der Waals surface area contributed by atoms with Crippen LogP contribution in [0.2, 0.25) is 19.6 Å². The van der Waals surface area contributed by atoms with Gasteiger partial charge >= 0.3 is 0 Å². The molecule has 0 N–H and O–H groups in total. The molecule has 0 nitrogen and oxygen atoms in total. The van der Waals surface area contributed by atoms with Gasteiger partial charge < -0.3 is 0 Å². The molecule has 0 radical (unpaired) electrons. The summed E-state index contributed by atoms with van der Waals surface area (Å²) in [5.74, 6) is 0. The molecule has 0 fully saturated rings. The second-order valence-corrected chi connectivity index (χ2v) is 8.05. The van der Waals surface area contributed by atoms with E-state index in [1.165, 1.54) is 0 Å². The summed E-state index contributed by atoms with van der Waals surface area (Å²) >= 11 is 0. The predicted molar refractivity (Wildman–Crippen MR) is 51.0 cm³/mol. The Labute approximate surface area is 62.5 Å². The van der Waals surface area contributed by atoms with Crippen molar-refractivity contribution < 1.29 is 0 Å². The number of rotatable bonds is 0. The van der Waals surface area contributed by atoms with Gasteiger partial charge in [0.1, 0.15) is 8.07 Å². The highest BCUT2D eigenvalue weighted by molar-refractivity contribution is 6.83. The zero-order valence-electron chi connectivity index (χ0n) is 6.65. The third kappa shape index (κ3) is 35.7. The van der Waals surface area contributed by atoms with Crippen LogP contribution >= 0.6 is 0 Å². The van der Waals surface area contributed by atoms with Crippen molar-refractivity contribution in [1.29, 1.82) is 0 Å². The summed E-state index contributed by atoms with van der Waals surface area (Å²) in [4.78, 5) is 0. The minimum absolute atomic E-state index is 0.897. The molecule has 50 valence electrons. The number of hydrogen-bond acceptors (Lipinski definition) is 0. The maximum Gasteiger partial charge on any atom is 0.128 e. The van der Waals surface area contributed by atoms with E-state index >= 15 is 0 Å². The Balaban J connectivity index is 0. The summed E-state index contributed by atoms with van der Waals surface area (Å²) in [6.45, 7) is 6.44. The van der Waals surface area contributed by atoms with Gasteiger partial charge in [-0.2, -0.15) is 0 Å². The van der Waals surface area contributed by atoms with Gasteiger partial charge in [-0.1, -0.05) is 19.6 Å². The molecule has 9 heavy (non-hydrogen) atoms. The van der Waals surface area contributed by atoms with Crippen molar-refractivity contribution in [3.8, 4) is 23.9 Å². The largest absolute Gasteiger partial charge is 0.147 e. The van der Waals surface area contributed by atoms with Crippen molar-refractivity contribution in [1.82, 2.24) is 0 Å². The lowest BCUT2D eigenvalue weighted by atomic mass is 11.4. The molecule has 0 aromatic carbocycles. The molecular weight excluding hydrogens is 140 g/mol. The van der Waals surface area contributed by atoms with Crippen LogP contribution in [0.3, 0.4) is 0 Å². The monoisotopic (exact) mass is 154 g/mol. The standard InChI is InChI=1S/C5H10Si.C2H4Si/c1-5-6(2,3)4;1-2-3/h1H,2-4H3;1H,3H3. The molecular formula is C7H14Si2. The second kappa shape index (κ2) is 5.69. The lowest BCUT2D eigenvalue weighted by molar-refractivity contribution is 1.82. The molecule has 0 saturated heterocycles. The van der Waals surface area contributed by atoms with Crippen molar-refractivity contribution in [2.75, 3.05) is 0 Å². The highest BCUT2D eigenvalue weighted by Crippen LogP contribution is 1.94. The summed E-state index contributed by atoms with van der Waals surface area (Å²) in [5.41, 5.74) is 5.13. The van der Waals surface area contributed by atoms with E-state index in [0.29, 0.717) is 0 Å². The van der Waals surface area contributed by atoms with Gasteiger partial charge in [0.25, 0.3) is 0 Å². The van der Waals surface area contributed by atoms with Crippen LogP contribution in [0.15, 0.2) is 0 Å². The Morgan fingerprint density at radius 2 is 1.33 bits per heavy atom. The Kier molecular flexibility index (Phi) is 7.18. The first kappa shape index (κ1) is 11.4. The summed E-state index contributed by atoms with van der Waals surface area (Å²) < 4.78 is 0. The summed E-state index contributed by atoms with van der Waals surface area (Å²) in [7, 11) is -0.207. The SMILES string of the molecule is C#C[SiH3].C#C[Si](C)(C)C. The molecule has 0 atom stereocenters. The first-order valence-corrected chi connectivity index (χ1v) is 7.33. The molecule has 0 aromatic rings. The van der Waals surface area contributed by atoms with E-state index < -0.39 is 8.07 Å². The van der Waals surface area contributed by atoms with E-state index in [2.05, 4.69) is 37.2 Å². The highest BCUT2D eigenvalue weighted by Gasteiger charge is 2.05. The normalized spacial score (nSPS) is 8.11. The van der Waals surface area contributed by atoms with Gasteiger partial charge in [0.05, 0.1) is 10.2 Å². The van der Waals surface area contributed by atoms with E-state index in [9.17, 15) is 0 Å². The smallest absolute Gasteiger partial charge is 0.128 e. The summed E-state index contributed by atoms with van der Waals surface area (Å²) in [6.07, 6.45) is 9.78. The quantitative estimate of drug-likeness (QED) is 0.351. The van der Waals surface area contributed by atoms with Gasteiger partial charge in [0.15, 0.2) is 0 Å². The van der Waals surface area contributed by atoms with E-state index in [4.69, 9.17) is 6.42 Å². The van der Waals surface area contributed by atoms with Crippen molar-refractivity contribution >= 4 is 18.3 Å². The number of hydrogen-bond donors (Lipinski definition) is 0. The summed E-state index contributed by atoms with van der Waals surface area (Å²) in [6, 6.07) is 0. The lowest BCUT2D eigenvalue weighted by Crippen LogP contribution is -2.15. The molecule has 0 aliphatic carbocycles. The van der Waals surface area contributed by atoms with E-state index in [1.54, 1.807) is 0 Å². The van der Waals surface area contributed by atoms with Crippen LogP contribution in [0.4, 0.5) is 0 Å². The lowest BCUT2D eigenvalue weighted by Gasteiger charge is -2.00.